The summed E-state index contributed by atoms with van der Waals surface area (Å²) in [4.78, 5) is 8.42. The Kier molecular flexibility index (Phi) is 5.19. The first-order valence-electron chi connectivity index (χ1n) is 7.07. The van der Waals surface area contributed by atoms with Crippen LogP contribution in [0.1, 0.15) is 37.3 Å². The summed E-state index contributed by atoms with van der Waals surface area (Å²) in [5, 5.41) is 4.69. The van der Waals surface area contributed by atoms with Crippen LogP contribution < -0.4 is 10.2 Å². The SMILES string of the molecule is COCCN(c1nc(C)c(CNC2CC2)s1)C(C)C. The lowest BCUT2D eigenvalue weighted by molar-refractivity contribution is 0.204. The maximum atomic E-state index is 5.19. The lowest BCUT2D eigenvalue weighted by atomic mass is 10.3. The summed E-state index contributed by atoms with van der Waals surface area (Å²) in [6.07, 6.45) is 2.66. The van der Waals surface area contributed by atoms with Gasteiger partial charge in [-0.1, -0.05) is 0 Å². The molecule has 1 aromatic rings. The Morgan fingerprint density at radius 1 is 1.47 bits per heavy atom. The maximum absolute atomic E-state index is 5.19. The van der Waals surface area contributed by atoms with Crippen molar-refractivity contribution in [1.29, 1.82) is 0 Å². The topological polar surface area (TPSA) is 37.4 Å². The normalized spacial score (nSPS) is 15.2. The fourth-order valence-corrected chi connectivity index (χ4v) is 3.16. The molecule has 2 rings (SSSR count). The molecule has 1 aromatic heterocycles. The minimum absolute atomic E-state index is 0.449. The predicted molar refractivity (Wildman–Crippen MR) is 81.1 cm³/mol. The average molecular weight is 283 g/mol. The number of thiazole rings is 1. The summed E-state index contributed by atoms with van der Waals surface area (Å²) >= 11 is 1.81. The third-order valence-corrected chi connectivity index (χ3v) is 4.61. The van der Waals surface area contributed by atoms with Crippen LogP contribution in [-0.2, 0) is 11.3 Å². The van der Waals surface area contributed by atoms with Gasteiger partial charge >= 0.3 is 0 Å². The molecule has 1 heterocycles. The molecule has 0 amide bonds. The number of aryl methyl sites for hydroxylation is 1. The van der Waals surface area contributed by atoms with Crippen LogP contribution in [0.5, 0.6) is 0 Å². The van der Waals surface area contributed by atoms with Gasteiger partial charge in [0, 0.05) is 37.2 Å². The van der Waals surface area contributed by atoms with Crippen LogP contribution in [0.25, 0.3) is 0 Å². The van der Waals surface area contributed by atoms with Crippen molar-refractivity contribution in [1.82, 2.24) is 10.3 Å². The maximum Gasteiger partial charge on any atom is 0.186 e. The molecule has 0 spiro atoms. The Bertz CT molecular complexity index is 401. The highest BCUT2D eigenvalue weighted by molar-refractivity contribution is 7.15. The van der Waals surface area contributed by atoms with Gasteiger partial charge in [-0.3, -0.25) is 0 Å². The lowest BCUT2D eigenvalue weighted by Gasteiger charge is -2.25. The predicted octanol–water partition coefficient (Wildman–Crippen LogP) is 2.56. The summed E-state index contributed by atoms with van der Waals surface area (Å²) in [6.45, 7) is 9.12. The van der Waals surface area contributed by atoms with Crippen LogP contribution in [0.2, 0.25) is 0 Å². The molecular formula is C14H25N3OS. The molecule has 5 heteroatoms. The van der Waals surface area contributed by atoms with Crippen molar-refractivity contribution in [3.8, 4) is 0 Å². The van der Waals surface area contributed by atoms with Crippen LogP contribution in [0.3, 0.4) is 0 Å². The summed E-state index contributed by atoms with van der Waals surface area (Å²) in [7, 11) is 1.75. The largest absolute Gasteiger partial charge is 0.383 e. The Labute approximate surface area is 120 Å². The van der Waals surface area contributed by atoms with E-state index in [1.165, 1.54) is 17.7 Å². The average Bonchev–Trinajstić information content (AvgIpc) is 3.11. The van der Waals surface area contributed by atoms with E-state index in [1.807, 2.05) is 11.3 Å². The quantitative estimate of drug-likeness (QED) is 0.795. The van der Waals surface area contributed by atoms with Crippen molar-refractivity contribution in [3.63, 3.8) is 0 Å². The zero-order valence-corrected chi connectivity index (χ0v) is 13.2. The van der Waals surface area contributed by atoms with Gasteiger partial charge in [0.05, 0.1) is 12.3 Å². The van der Waals surface area contributed by atoms with Gasteiger partial charge in [-0.2, -0.15) is 0 Å². The van der Waals surface area contributed by atoms with E-state index in [4.69, 9.17) is 9.72 Å². The van der Waals surface area contributed by atoms with E-state index in [9.17, 15) is 0 Å². The highest BCUT2D eigenvalue weighted by Gasteiger charge is 2.22. The minimum atomic E-state index is 0.449. The van der Waals surface area contributed by atoms with Gasteiger partial charge in [0.1, 0.15) is 0 Å². The highest BCUT2D eigenvalue weighted by Crippen LogP contribution is 2.28. The van der Waals surface area contributed by atoms with E-state index in [-0.39, 0.29) is 0 Å². The zero-order valence-electron chi connectivity index (χ0n) is 12.4. The van der Waals surface area contributed by atoms with Crippen molar-refractivity contribution < 1.29 is 4.74 Å². The van der Waals surface area contributed by atoms with Crippen LogP contribution in [0, 0.1) is 6.92 Å². The Balaban J connectivity index is 2.01. The second kappa shape index (κ2) is 6.68. The highest BCUT2D eigenvalue weighted by atomic mass is 32.1. The molecule has 1 aliphatic rings. The number of hydrogen-bond acceptors (Lipinski definition) is 5. The molecule has 19 heavy (non-hydrogen) atoms. The van der Waals surface area contributed by atoms with Crippen LogP contribution in [-0.4, -0.2) is 37.3 Å². The minimum Gasteiger partial charge on any atom is -0.383 e. The van der Waals surface area contributed by atoms with Gasteiger partial charge in [-0.15, -0.1) is 11.3 Å². The standard InChI is InChI=1S/C14H25N3OS/c1-10(2)17(7-8-18-4)14-16-11(3)13(19-14)9-15-12-5-6-12/h10,12,15H,5-9H2,1-4H3. The van der Waals surface area contributed by atoms with E-state index < -0.39 is 0 Å². The number of rotatable bonds is 8. The Hall–Kier alpha value is -0.650. The first-order valence-corrected chi connectivity index (χ1v) is 7.88. The number of aromatic nitrogens is 1. The summed E-state index contributed by atoms with van der Waals surface area (Å²) in [5.74, 6) is 0. The molecule has 1 saturated carbocycles. The number of nitrogens with one attached hydrogen (secondary N) is 1. The monoisotopic (exact) mass is 283 g/mol. The molecule has 108 valence electrons. The zero-order chi connectivity index (χ0) is 13.8. The van der Waals surface area contributed by atoms with Crippen molar-refractivity contribution in [2.24, 2.45) is 0 Å². The fourth-order valence-electron chi connectivity index (χ4n) is 1.99. The van der Waals surface area contributed by atoms with Crippen LogP contribution in [0.15, 0.2) is 0 Å². The molecule has 1 N–H and O–H groups in total. The second-order valence-electron chi connectivity index (χ2n) is 5.44. The van der Waals surface area contributed by atoms with E-state index >= 15 is 0 Å². The van der Waals surface area contributed by atoms with Crippen LogP contribution in [0.4, 0.5) is 5.13 Å². The second-order valence-corrected chi connectivity index (χ2v) is 6.50. The number of methoxy groups -OCH3 is 1. The Morgan fingerprint density at radius 2 is 2.21 bits per heavy atom. The number of hydrogen-bond donors (Lipinski definition) is 1. The van der Waals surface area contributed by atoms with Gasteiger partial charge in [0.15, 0.2) is 5.13 Å². The fraction of sp³-hybridized carbons (Fsp3) is 0.786. The molecule has 0 radical (unpaired) electrons. The van der Waals surface area contributed by atoms with Crippen molar-refractivity contribution in [2.45, 2.75) is 52.2 Å². The Morgan fingerprint density at radius 3 is 2.79 bits per heavy atom. The van der Waals surface area contributed by atoms with Gasteiger partial charge in [0.25, 0.3) is 0 Å². The van der Waals surface area contributed by atoms with Gasteiger partial charge in [-0.05, 0) is 33.6 Å². The molecule has 4 nitrogen and oxygen atoms in total. The van der Waals surface area contributed by atoms with Gasteiger partial charge in [0.2, 0.25) is 0 Å². The van der Waals surface area contributed by atoms with E-state index in [1.54, 1.807) is 7.11 Å². The van der Waals surface area contributed by atoms with Crippen molar-refractivity contribution >= 4 is 16.5 Å². The number of anilines is 1. The van der Waals surface area contributed by atoms with Crippen molar-refractivity contribution in [3.05, 3.63) is 10.6 Å². The summed E-state index contributed by atoms with van der Waals surface area (Å²) in [6, 6.07) is 1.20. The molecule has 1 fully saturated rings. The molecular weight excluding hydrogens is 258 g/mol. The van der Waals surface area contributed by atoms with Crippen molar-refractivity contribution in [2.75, 3.05) is 25.2 Å². The first kappa shape index (κ1) is 14.8. The third kappa shape index (κ3) is 4.16. The third-order valence-electron chi connectivity index (χ3n) is 3.42. The molecule has 0 saturated heterocycles. The van der Waals surface area contributed by atoms with E-state index in [0.717, 1.165) is 36.6 Å². The molecule has 0 unspecified atom stereocenters. The number of nitrogens with zero attached hydrogens (tertiary/aromatic N) is 2. The van der Waals surface area contributed by atoms with E-state index in [0.29, 0.717) is 6.04 Å². The van der Waals surface area contributed by atoms with Gasteiger partial charge in [-0.25, -0.2) is 4.98 Å². The lowest BCUT2D eigenvalue weighted by Crippen LogP contribution is -2.33. The smallest absolute Gasteiger partial charge is 0.186 e. The van der Waals surface area contributed by atoms with Crippen LogP contribution >= 0.6 is 11.3 Å². The van der Waals surface area contributed by atoms with Gasteiger partial charge < -0.3 is 15.0 Å². The molecule has 0 aromatic carbocycles. The first-order chi connectivity index (χ1) is 9.11. The summed E-state index contributed by atoms with van der Waals surface area (Å²) in [5.41, 5.74) is 1.16. The van der Waals surface area contributed by atoms with E-state index in [2.05, 4.69) is 31.0 Å². The molecule has 0 aliphatic heterocycles. The molecule has 0 bridgehead atoms. The molecule has 0 atom stereocenters. The molecule has 1 aliphatic carbocycles. The number of ether oxygens (including phenoxy) is 1. The summed E-state index contributed by atoms with van der Waals surface area (Å²) < 4.78 is 5.19.